The van der Waals surface area contributed by atoms with E-state index in [4.69, 9.17) is 6.42 Å². The molecule has 1 saturated heterocycles. The van der Waals surface area contributed by atoms with Gasteiger partial charge in [-0.1, -0.05) is 0 Å². The Bertz CT molecular complexity index is 261. The Morgan fingerprint density at radius 1 is 1.54 bits per heavy atom. The number of nitrogens with one attached hydrogen (secondary N) is 2. The summed E-state index contributed by atoms with van der Waals surface area (Å²) < 4.78 is 0. The van der Waals surface area contributed by atoms with E-state index in [1.54, 1.807) is 0 Å². The summed E-state index contributed by atoms with van der Waals surface area (Å²) in [6, 6.07) is 0.346. The SMILES string of the molecule is C#CC(=O)NC1CC12CCNCC2. The number of terminal acetylenes is 1. The molecule has 1 aliphatic carbocycles. The third kappa shape index (κ3) is 1.54. The first kappa shape index (κ1) is 8.58. The van der Waals surface area contributed by atoms with Gasteiger partial charge in [0.15, 0.2) is 0 Å². The van der Waals surface area contributed by atoms with Crippen molar-refractivity contribution >= 4 is 5.91 Å². The van der Waals surface area contributed by atoms with E-state index in [1.807, 2.05) is 0 Å². The van der Waals surface area contributed by atoms with Crippen molar-refractivity contribution in [2.45, 2.75) is 25.3 Å². The van der Waals surface area contributed by atoms with Crippen LogP contribution in [0.2, 0.25) is 0 Å². The molecule has 2 N–H and O–H groups in total. The number of carbonyl (C=O) groups is 1. The number of piperidine rings is 1. The van der Waals surface area contributed by atoms with Crippen LogP contribution in [0.1, 0.15) is 19.3 Å². The molecule has 1 spiro atoms. The maximum atomic E-state index is 10.9. The summed E-state index contributed by atoms with van der Waals surface area (Å²) in [5, 5.41) is 6.18. The molecular formula is C10H14N2O. The van der Waals surface area contributed by atoms with Crippen molar-refractivity contribution in [3.05, 3.63) is 0 Å². The predicted molar refractivity (Wildman–Crippen MR) is 49.9 cm³/mol. The van der Waals surface area contributed by atoms with E-state index in [9.17, 15) is 4.79 Å². The third-order valence-corrected chi connectivity index (χ3v) is 3.23. The summed E-state index contributed by atoms with van der Waals surface area (Å²) >= 11 is 0. The third-order valence-electron chi connectivity index (χ3n) is 3.23. The summed E-state index contributed by atoms with van der Waals surface area (Å²) in [6.07, 6.45) is 8.44. The zero-order chi connectivity index (χ0) is 9.31. The molecule has 0 radical (unpaired) electrons. The fourth-order valence-corrected chi connectivity index (χ4v) is 2.23. The van der Waals surface area contributed by atoms with Crippen molar-refractivity contribution in [2.75, 3.05) is 13.1 Å². The molecule has 0 aromatic heterocycles. The van der Waals surface area contributed by atoms with Gasteiger partial charge in [0.25, 0.3) is 5.91 Å². The Morgan fingerprint density at radius 2 is 2.23 bits per heavy atom. The zero-order valence-corrected chi connectivity index (χ0v) is 7.60. The summed E-state index contributed by atoms with van der Waals surface area (Å²) in [7, 11) is 0. The minimum absolute atomic E-state index is 0.264. The maximum Gasteiger partial charge on any atom is 0.295 e. The van der Waals surface area contributed by atoms with Crippen LogP contribution in [-0.2, 0) is 4.79 Å². The molecule has 1 aliphatic heterocycles. The highest BCUT2D eigenvalue weighted by atomic mass is 16.1. The van der Waals surface area contributed by atoms with E-state index < -0.39 is 0 Å². The fourth-order valence-electron chi connectivity index (χ4n) is 2.23. The van der Waals surface area contributed by atoms with Crippen LogP contribution >= 0.6 is 0 Å². The van der Waals surface area contributed by atoms with Crippen LogP contribution in [0, 0.1) is 17.8 Å². The van der Waals surface area contributed by atoms with Crippen molar-refractivity contribution in [1.29, 1.82) is 0 Å². The molecule has 13 heavy (non-hydrogen) atoms. The van der Waals surface area contributed by atoms with Gasteiger partial charge in [0.2, 0.25) is 0 Å². The highest BCUT2D eigenvalue weighted by molar-refractivity contribution is 5.93. The van der Waals surface area contributed by atoms with Gasteiger partial charge in [-0.15, -0.1) is 6.42 Å². The Labute approximate surface area is 78.3 Å². The normalized spacial score (nSPS) is 29.3. The molecule has 3 nitrogen and oxygen atoms in total. The standard InChI is InChI=1S/C10H14N2O/c1-2-9(13)12-8-7-10(8)3-5-11-6-4-10/h1,8,11H,3-7H2,(H,12,13). The topological polar surface area (TPSA) is 41.1 Å². The van der Waals surface area contributed by atoms with Gasteiger partial charge < -0.3 is 10.6 Å². The molecule has 2 rings (SSSR count). The second-order valence-corrected chi connectivity index (χ2v) is 3.99. The highest BCUT2D eigenvalue weighted by Crippen LogP contribution is 2.52. The van der Waals surface area contributed by atoms with Crippen LogP contribution in [0.4, 0.5) is 0 Å². The number of hydrogen-bond donors (Lipinski definition) is 2. The van der Waals surface area contributed by atoms with Gasteiger partial charge in [-0.3, -0.25) is 4.79 Å². The van der Waals surface area contributed by atoms with Gasteiger partial charge in [-0.05, 0) is 43.7 Å². The van der Waals surface area contributed by atoms with Crippen LogP contribution < -0.4 is 10.6 Å². The predicted octanol–water partition coefficient (Wildman–Crippen LogP) is -0.122. The maximum absolute atomic E-state index is 10.9. The van der Waals surface area contributed by atoms with E-state index in [0.29, 0.717) is 11.5 Å². The van der Waals surface area contributed by atoms with Crippen molar-refractivity contribution in [1.82, 2.24) is 10.6 Å². The first-order chi connectivity index (χ1) is 6.27. The largest absolute Gasteiger partial charge is 0.342 e. The molecule has 0 aromatic carbocycles. The highest BCUT2D eigenvalue weighted by Gasteiger charge is 2.54. The number of amides is 1. The number of rotatable bonds is 1. The molecule has 70 valence electrons. The summed E-state index contributed by atoms with van der Waals surface area (Å²) in [4.78, 5) is 10.9. The molecule has 0 aromatic rings. The first-order valence-electron chi connectivity index (χ1n) is 4.75. The fraction of sp³-hybridized carbons (Fsp3) is 0.700. The molecule has 0 bridgehead atoms. The van der Waals surface area contributed by atoms with Crippen LogP contribution in [-0.4, -0.2) is 25.0 Å². The van der Waals surface area contributed by atoms with Crippen LogP contribution in [0.3, 0.4) is 0 Å². The molecular weight excluding hydrogens is 164 g/mol. The Morgan fingerprint density at radius 3 is 2.85 bits per heavy atom. The molecule has 1 heterocycles. The summed E-state index contributed by atoms with van der Waals surface area (Å²) in [5.41, 5.74) is 0.387. The zero-order valence-electron chi connectivity index (χ0n) is 7.60. The molecule has 3 heteroatoms. The van der Waals surface area contributed by atoms with Crippen LogP contribution in [0.15, 0.2) is 0 Å². The van der Waals surface area contributed by atoms with E-state index in [2.05, 4.69) is 16.6 Å². The smallest absolute Gasteiger partial charge is 0.295 e. The van der Waals surface area contributed by atoms with E-state index in [-0.39, 0.29) is 5.91 Å². The van der Waals surface area contributed by atoms with Gasteiger partial charge in [0.05, 0.1) is 0 Å². The molecule has 1 saturated carbocycles. The average molecular weight is 178 g/mol. The minimum atomic E-state index is -0.264. The molecule has 2 aliphatic rings. The average Bonchev–Trinajstić information content (AvgIpc) is 2.79. The van der Waals surface area contributed by atoms with E-state index >= 15 is 0 Å². The molecule has 2 fully saturated rings. The van der Waals surface area contributed by atoms with E-state index in [1.165, 1.54) is 12.8 Å². The Kier molecular flexibility index (Phi) is 2.01. The van der Waals surface area contributed by atoms with Crippen LogP contribution in [0.25, 0.3) is 0 Å². The molecule has 1 unspecified atom stereocenters. The first-order valence-corrected chi connectivity index (χ1v) is 4.75. The summed E-state index contributed by atoms with van der Waals surface area (Å²) in [5.74, 6) is 1.83. The minimum Gasteiger partial charge on any atom is -0.342 e. The lowest BCUT2D eigenvalue weighted by molar-refractivity contribution is -0.116. The van der Waals surface area contributed by atoms with Crippen molar-refractivity contribution < 1.29 is 4.79 Å². The van der Waals surface area contributed by atoms with Gasteiger partial charge in [0.1, 0.15) is 0 Å². The Balaban J connectivity index is 1.86. The van der Waals surface area contributed by atoms with Gasteiger partial charge in [-0.25, -0.2) is 0 Å². The molecule has 1 amide bonds. The van der Waals surface area contributed by atoms with Crippen molar-refractivity contribution in [3.63, 3.8) is 0 Å². The molecule has 1 atom stereocenters. The second-order valence-electron chi connectivity index (χ2n) is 3.99. The van der Waals surface area contributed by atoms with Gasteiger partial charge in [0, 0.05) is 6.04 Å². The van der Waals surface area contributed by atoms with Crippen molar-refractivity contribution in [2.24, 2.45) is 5.41 Å². The van der Waals surface area contributed by atoms with Gasteiger partial charge >= 0.3 is 0 Å². The quantitative estimate of drug-likeness (QED) is 0.549. The lowest BCUT2D eigenvalue weighted by Crippen LogP contribution is -2.35. The lowest BCUT2D eigenvalue weighted by Gasteiger charge is -2.23. The van der Waals surface area contributed by atoms with Crippen LogP contribution in [0.5, 0.6) is 0 Å². The van der Waals surface area contributed by atoms with Crippen molar-refractivity contribution in [3.8, 4) is 12.3 Å². The summed E-state index contributed by atoms with van der Waals surface area (Å²) in [6.45, 7) is 2.14. The second kappa shape index (κ2) is 3.04. The van der Waals surface area contributed by atoms with E-state index in [0.717, 1.165) is 19.5 Å². The van der Waals surface area contributed by atoms with Gasteiger partial charge in [-0.2, -0.15) is 0 Å². The lowest BCUT2D eigenvalue weighted by atomic mass is 9.94. The number of hydrogen-bond acceptors (Lipinski definition) is 2. The monoisotopic (exact) mass is 178 g/mol. The number of carbonyl (C=O) groups excluding carboxylic acids is 1. The Hall–Kier alpha value is -1.01.